The number of oxime groups is 1. The van der Waals surface area contributed by atoms with Gasteiger partial charge in [0.15, 0.2) is 23.8 Å². The molecule has 2 aliphatic heterocycles. The van der Waals surface area contributed by atoms with E-state index in [0.29, 0.717) is 30.2 Å². The van der Waals surface area contributed by atoms with Gasteiger partial charge in [-0.15, -0.1) is 0 Å². The van der Waals surface area contributed by atoms with Gasteiger partial charge in [-0.3, -0.25) is 9.59 Å². The number of likely N-dealkylation sites (N-methyl/N-ethyl adjacent to an activating group) is 1. The van der Waals surface area contributed by atoms with Crippen LogP contribution in [0.5, 0.6) is 11.5 Å². The van der Waals surface area contributed by atoms with Gasteiger partial charge in [-0.05, 0) is 70.9 Å². The second kappa shape index (κ2) is 13.9. The van der Waals surface area contributed by atoms with Gasteiger partial charge in [0.25, 0.3) is 11.8 Å². The molecule has 0 N–H and O–H groups in total. The molecule has 0 spiro atoms. The van der Waals surface area contributed by atoms with Crippen LogP contribution < -0.4 is 9.47 Å². The van der Waals surface area contributed by atoms with E-state index >= 15 is 0 Å². The number of methoxy groups -OCH3 is 1. The Kier molecular flexibility index (Phi) is 10.1. The van der Waals surface area contributed by atoms with E-state index in [2.05, 4.69) is 22.2 Å². The Morgan fingerprint density at radius 2 is 1.82 bits per heavy atom. The van der Waals surface area contributed by atoms with E-state index in [9.17, 15) is 9.59 Å². The van der Waals surface area contributed by atoms with E-state index < -0.39 is 0 Å². The third-order valence-electron chi connectivity index (χ3n) is 7.26. The molecule has 0 radical (unpaired) electrons. The van der Waals surface area contributed by atoms with Crippen LogP contribution in [0.15, 0.2) is 58.8 Å². The molecule has 0 atom stereocenters. The van der Waals surface area contributed by atoms with Crippen LogP contribution in [0.4, 0.5) is 0 Å². The Hall–Kier alpha value is -3.92. The van der Waals surface area contributed by atoms with E-state index in [4.69, 9.17) is 14.3 Å². The molecule has 2 heterocycles. The van der Waals surface area contributed by atoms with Crippen LogP contribution in [0.2, 0.25) is 0 Å². The third-order valence-corrected chi connectivity index (χ3v) is 7.26. The number of piperidine rings is 1. The van der Waals surface area contributed by atoms with Crippen molar-refractivity contribution in [2.75, 3.05) is 54.1 Å². The first-order chi connectivity index (χ1) is 19.4. The molecule has 214 valence electrons. The van der Waals surface area contributed by atoms with Crippen LogP contribution in [-0.4, -0.2) is 98.1 Å². The highest BCUT2D eigenvalue weighted by Gasteiger charge is 2.28. The van der Waals surface area contributed by atoms with Gasteiger partial charge in [0.05, 0.1) is 19.4 Å². The number of rotatable bonds is 10. The van der Waals surface area contributed by atoms with Crippen molar-refractivity contribution >= 4 is 23.2 Å². The van der Waals surface area contributed by atoms with Crippen molar-refractivity contribution in [1.82, 2.24) is 14.8 Å². The van der Waals surface area contributed by atoms with Crippen LogP contribution >= 0.6 is 0 Å². The molecule has 2 amide bonds. The van der Waals surface area contributed by atoms with Crippen LogP contribution in [0.3, 0.4) is 0 Å². The second-order valence-electron chi connectivity index (χ2n) is 10.00. The van der Waals surface area contributed by atoms with Gasteiger partial charge in [0.1, 0.15) is 0 Å². The predicted octanol–water partition coefficient (Wildman–Crippen LogP) is 3.39. The largest absolute Gasteiger partial charge is 0.493 e. The number of amides is 2. The summed E-state index contributed by atoms with van der Waals surface area (Å²) in [6.07, 6.45) is 3.29. The van der Waals surface area contributed by atoms with Crippen molar-refractivity contribution in [1.29, 1.82) is 0 Å². The van der Waals surface area contributed by atoms with Crippen LogP contribution in [0, 0.1) is 0 Å². The fourth-order valence-electron chi connectivity index (χ4n) is 4.90. The summed E-state index contributed by atoms with van der Waals surface area (Å²) in [7, 11) is 5.49. The SMILES string of the molecule is CCOc1cc(C2=NN(C(=O)CO/N=C(/C(=O)N(C)C3CCN(C)CC3)c3ccccc3)CCC2)ccc1OC. The van der Waals surface area contributed by atoms with E-state index in [0.717, 1.165) is 50.0 Å². The summed E-state index contributed by atoms with van der Waals surface area (Å²) in [5.41, 5.74) is 2.48. The molecule has 4 rings (SSSR count). The van der Waals surface area contributed by atoms with Crippen molar-refractivity contribution in [2.45, 2.75) is 38.6 Å². The standard InChI is InChI=1S/C30H39N5O5/c1-5-39-27-20-23(13-14-26(27)38-4)25-12-9-17-35(31-25)28(36)21-40-32-29(22-10-7-6-8-11-22)30(37)34(3)24-15-18-33(2)19-16-24/h6-8,10-11,13-14,20,24H,5,9,12,15-19,21H2,1-4H3/b32-29+. The quantitative estimate of drug-likeness (QED) is 0.333. The first-order valence-corrected chi connectivity index (χ1v) is 13.8. The minimum Gasteiger partial charge on any atom is -0.493 e. The highest BCUT2D eigenvalue weighted by atomic mass is 16.6. The topological polar surface area (TPSA) is 96.3 Å². The van der Waals surface area contributed by atoms with Crippen LogP contribution in [-0.2, 0) is 14.4 Å². The summed E-state index contributed by atoms with van der Waals surface area (Å²) >= 11 is 0. The number of benzene rings is 2. The predicted molar refractivity (Wildman–Crippen MR) is 154 cm³/mol. The van der Waals surface area contributed by atoms with Crippen molar-refractivity contribution < 1.29 is 23.9 Å². The molecule has 0 aromatic heterocycles. The number of likely N-dealkylation sites (tertiary alicyclic amines) is 1. The normalized spacial score (nSPS) is 16.8. The van der Waals surface area contributed by atoms with Crippen molar-refractivity contribution in [2.24, 2.45) is 10.3 Å². The first kappa shape index (κ1) is 29.1. The molecular formula is C30H39N5O5. The average molecular weight is 550 g/mol. The summed E-state index contributed by atoms with van der Waals surface area (Å²) in [6.45, 7) is 4.45. The summed E-state index contributed by atoms with van der Waals surface area (Å²) < 4.78 is 11.1. The maximum atomic E-state index is 13.5. The van der Waals surface area contributed by atoms with Crippen molar-refractivity contribution in [3.63, 3.8) is 0 Å². The Morgan fingerprint density at radius 1 is 1.07 bits per heavy atom. The number of carbonyl (C=O) groups is 2. The fourth-order valence-corrected chi connectivity index (χ4v) is 4.90. The van der Waals surface area contributed by atoms with Gasteiger partial charge in [0.2, 0.25) is 0 Å². The molecule has 0 unspecified atom stereocenters. The zero-order valence-corrected chi connectivity index (χ0v) is 23.8. The summed E-state index contributed by atoms with van der Waals surface area (Å²) in [6, 6.07) is 15.0. The summed E-state index contributed by atoms with van der Waals surface area (Å²) in [4.78, 5) is 36.0. The van der Waals surface area contributed by atoms with Crippen LogP contribution in [0.1, 0.15) is 43.7 Å². The lowest BCUT2D eigenvalue weighted by molar-refractivity contribution is -0.136. The Labute approximate surface area is 236 Å². The summed E-state index contributed by atoms with van der Waals surface area (Å²) in [5, 5.41) is 10.2. The Bertz CT molecular complexity index is 1220. The Morgan fingerprint density at radius 3 is 2.52 bits per heavy atom. The molecule has 40 heavy (non-hydrogen) atoms. The monoisotopic (exact) mass is 549 g/mol. The average Bonchev–Trinajstić information content (AvgIpc) is 2.99. The van der Waals surface area contributed by atoms with E-state index in [-0.39, 0.29) is 30.2 Å². The highest BCUT2D eigenvalue weighted by molar-refractivity contribution is 6.45. The lowest BCUT2D eigenvalue weighted by Gasteiger charge is -2.35. The molecule has 2 aromatic rings. The number of carbonyl (C=O) groups excluding carboxylic acids is 2. The van der Waals surface area contributed by atoms with Gasteiger partial charge in [0, 0.05) is 30.8 Å². The zero-order chi connectivity index (χ0) is 28.5. The molecule has 10 heteroatoms. The molecule has 2 aromatic carbocycles. The minimum atomic E-state index is -0.331. The Balaban J connectivity index is 1.46. The molecule has 10 nitrogen and oxygen atoms in total. The van der Waals surface area contributed by atoms with Gasteiger partial charge < -0.3 is 24.1 Å². The van der Waals surface area contributed by atoms with E-state index in [1.165, 1.54) is 5.01 Å². The van der Waals surface area contributed by atoms with Crippen molar-refractivity contribution in [3.05, 3.63) is 59.7 Å². The van der Waals surface area contributed by atoms with Gasteiger partial charge in [-0.2, -0.15) is 5.10 Å². The van der Waals surface area contributed by atoms with Crippen molar-refractivity contribution in [3.8, 4) is 11.5 Å². The second-order valence-corrected chi connectivity index (χ2v) is 10.00. The molecule has 0 bridgehead atoms. The van der Waals surface area contributed by atoms with Gasteiger partial charge >= 0.3 is 0 Å². The third kappa shape index (κ3) is 7.18. The smallest absolute Gasteiger partial charge is 0.283 e. The van der Waals surface area contributed by atoms with Crippen LogP contribution in [0.25, 0.3) is 0 Å². The molecule has 0 aliphatic carbocycles. The summed E-state index contributed by atoms with van der Waals surface area (Å²) in [5.74, 6) is 0.722. The van der Waals surface area contributed by atoms with E-state index in [1.807, 2.05) is 62.5 Å². The highest BCUT2D eigenvalue weighted by Crippen LogP contribution is 2.29. The lowest BCUT2D eigenvalue weighted by Crippen LogP contribution is -2.47. The fraction of sp³-hybridized carbons (Fsp3) is 0.467. The number of hydrazone groups is 1. The molecule has 1 saturated heterocycles. The molecule has 2 aliphatic rings. The molecule has 1 fully saturated rings. The zero-order valence-electron chi connectivity index (χ0n) is 23.8. The number of hydrogen-bond donors (Lipinski definition) is 0. The number of ether oxygens (including phenoxy) is 2. The lowest BCUT2D eigenvalue weighted by atomic mass is 10.0. The minimum absolute atomic E-state index is 0.126. The number of hydrogen-bond acceptors (Lipinski definition) is 8. The number of nitrogens with zero attached hydrogens (tertiary/aromatic N) is 5. The molecule has 0 saturated carbocycles. The maximum absolute atomic E-state index is 13.5. The van der Waals surface area contributed by atoms with E-state index in [1.54, 1.807) is 12.0 Å². The first-order valence-electron chi connectivity index (χ1n) is 13.8. The molecular weight excluding hydrogens is 510 g/mol. The maximum Gasteiger partial charge on any atom is 0.283 e. The van der Waals surface area contributed by atoms with Gasteiger partial charge in [-0.25, -0.2) is 5.01 Å². The van der Waals surface area contributed by atoms with Gasteiger partial charge in [-0.1, -0.05) is 35.5 Å².